The van der Waals surface area contributed by atoms with E-state index in [2.05, 4.69) is 10.1 Å². The zero-order chi connectivity index (χ0) is 21.8. The summed E-state index contributed by atoms with van der Waals surface area (Å²) in [6.45, 7) is 6.57. The number of alkyl halides is 3. The Kier molecular flexibility index (Phi) is 7.34. The van der Waals surface area contributed by atoms with Crippen molar-refractivity contribution in [3.8, 4) is 0 Å². The lowest BCUT2D eigenvalue weighted by atomic mass is 9.94. The number of piperidine rings is 1. The number of aliphatic carboxylic acids is 1. The number of carboxylic acids is 1. The number of amides is 1. The van der Waals surface area contributed by atoms with E-state index in [0.29, 0.717) is 18.7 Å². The van der Waals surface area contributed by atoms with E-state index in [1.807, 2.05) is 4.90 Å². The summed E-state index contributed by atoms with van der Waals surface area (Å²) < 4.78 is 47.7. The minimum Gasteiger partial charge on any atom is -0.478 e. The van der Waals surface area contributed by atoms with Crippen molar-refractivity contribution in [1.82, 2.24) is 10.2 Å². The van der Waals surface area contributed by atoms with Crippen molar-refractivity contribution in [3.63, 3.8) is 0 Å². The van der Waals surface area contributed by atoms with E-state index >= 15 is 0 Å². The molecular formula is C19H27F3N2O5. The predicted molar refractivity (Wildman–Crippen MR) is 98.2 cm³/mol. The molecule has 1 saturated heterocycles. The number of carboxylic acid groups (broad SMARTS) is 1. The highest BCUT2D eigenvalue weighted by Gasteiger charge is 2.37. The normalized spacial score (nSPS) is 23.8. The summed E-state index contributed by atoms with van der Waals surface area (Å²) in [6, 6.07) is -0.185. The monoisotopic (exact) mass is 420 g/mol. The van der Waals surface area contributed by atoms with Gasteiger partial charge in [0, 0.05) is 31.1 Å². The highest BCUT2D eigenvalue weighted by molar-refractivity contribution is 5.87. The number of carbonyl (C=O) groups is 2. The van der Waals surface area contributed by atoms with Gasteiger partial charge in [0.1, 0.15) is 5.60 Å². The number of likely N-dealkylation sites (tertiary alicyclic amines) is 1. The SMILES string of the molecule is CC(C)(C)OC(=O)N[C@H]1CCCN(CC2=CC=C(C(=O)O)CC2OC(F)(F)F)C1. The van der Waals surface area contributed by atoms with E-state index in [0.717, 1.165) is 12.8 Å². The lowest BCUT2D eigenvalue weighted by Gasteiger charge is -2.35. The number of allylic oxidation sites excluding steroid dienone is 2. The van der Waals surface area contributed by atoms with Gasteiger partial charge >= 0.3 is 18.4 Å². The van der Waals surface area contributed by atoms with Gasteiger partial charge in [0.15, 0.2) is 0 Å². The van der Waals surface area contributed by atoms with Gasteiger partial charge in [-0.2, -0.15) is 0 Å². The fourth-order valence-corrected chi connectivity index (χ4v) is 3.35. The van der Waals surface area contributed by atoms with Crippen LogP contribution in [0.4, 0.5) is 18.0 Å². The minimum absolute atomic E-state index is 0.133. The fourth-order valence-electron chi connectivity index (χ4n) is 3.35. The average molecular weight is 420 g/mol. The lowest BCUT2D eigenvalue weighted by molar-refractivity contribution is -0.337. The van der Waals surface area contributed by atoms with Crippen molar-refractivity contribution in [3.05, 3.63) is 23.3 Å². The minimum atomic E-state index is -4.87. The summed E-state index contributed by atoms with van der Waals surface area (Å²) in [7, 11) is 0. The number of nitrogens with zero attached hydrogens (tertiary/aromatic N) is 1. The molecule has 0 saturated carbocycles. The highest BCUT2D eigenvalue weighted by atomic mass is 19.4. The van der Waals surface area contributed by atoms with Crippen LogP contribution in [0.15, 0.2) is 23.3 Å². The van der Waals surface area contributed by atoms with Gasteiger partial charge in [0.05, 0.1) is 6.10 Å². The van der Waals surface area contributed by atoms with Crippen molar-refractivity contribution in [2.45, 2.75) is 64.1 Å². The third kappa shape index (κ3) is 8.06. The van der Waals surface area contributed by atoms with Crippen LogP contribution in [0, 0.1) is 0 Å². The Morgan fingerprint density at radius 3 is 2.55 bits per heavy atom. The van der Waals surface area contributed by atoms with Crippen molar-refractivity contribution in [2.24, 2.45) is 0 Å². The summed E-state index contributed by atoms with van der Waals surface area (Å²) >= 11 is 0. The molecule has 29 heavy (non-hydrogen) atoms. The second-order valence-electron chi connectivity index (χ2n) is 8.22. The summed E-state index contributed by atoms with van der Waals surface area (Å²) in [4.78, 5) is 25.0. The first-order valence-corrected chi connectivity index (χ1v) is 9.42. The Morgan fingerprint density at radius 1 is 1.28 bits per heavy atom. The summed E-state index contributed by atoms with van der Waals surface area (Å²) in [5.74, 6) is -1.27. The molecule has 1 unspecified atom stereocenters. The van der Waals surface area contributed by atoms with Gasteiger partial charge < -0.3 is 15.2 Å². The Labute approximate surface area is 167 Å². The Balaban J connectivity index is 2.01. The molecule has 0 aromatic carbocycles. The van der Waals surface area contributed by atoms with Crippen LogP contribution in [0.25, 0.3) is 0 Å². The molecule has 0 spiro atoms. The van der Waals surface area contributed by atoms with Gasteiger partial charge in [-0.25, -0.2) is 9.59 Å². The molecule has 1 aliphatic heterocycles. The molecule has 2 N–H and O–H groups in total. The molecule has 1 heterocycles. The van der Waals surface area contributed by atoms with Gasteiger partial charge in [-0.05, 0) is 45.7 Å². The summed E-state index contributed by atoms with van der Waals surface area (Å²) in [6.07, 6.45) is -2.95. The Bertz CT molecular complexity index is 682. The first kappa shape index (κ1) is 23.2. The molecule has 10 heteroatoms. The van der Waals surface area contributed by atoms with Crippen LogP contribution in [0.3, 0.4) is 0 Å². The molecule has 0 aromatic heterocycles. The predicted octanol–water partition coefficient (Wildman–Crippen LogP) is 3.22. The molecule has 1 fully saturated rings. The lowest BCUT2D eigenvalue weighted by Crippen LogP contribution is -2.49. The third-order valence-corrected chi connectivity index (χ3v) is 4.50. The van der Waals surface area contributed by atoms with Gasteiger partial charge in [0.2, 0.25) is 0 Å². The molecule has 7 nitrogen and oxygen atoms in total. The number of carbonyl (C=O) groups excluding carboxylic acids is 1. The van der Waals surface area contributed by atoms with Crippen molar-refractivity contribution >= 4 is 12.1 Å². The fraction of sp³-hybridized carbons (Fsp3) is 0.684. The van der Waals surface area contributed by atoms with Gasteiger partial charge in [0.25, 0.3) is 0 Å². The molecule has 2 rings (SSSR count). The largest absolute Gasteiger partial charge is 0.523 e. The zero-order valence-electron chi connectivity index (χ0n) is 16.7. The zero-order valence-corrected chi connectivity index (χ0v) is 16.7. The molecular weight excluding hydrogens is 393 g/mol. The van der Waals surface area contributed by atoms with E-state index in [-0.39, 0.29) is 24.6 Å². The van der Waals surface area contributed by atoms with Crippen LogP contribution >= 0.6 is 0 Å². The Morgan fingerprint density at radius 2 is 1.97 bits per heavy atom. The first-order chi connectivity index (χ1) is 13.3. The molecule has 0 bridgehead atoms. The second-order valence-corrected chi connectivity index (χ2v) is 8.22. The molecule has 0 radical (unpaired) electrons. The third-order valence-electron chi connectivity index (χ3n) is 4.50. The molecule has 164 valence electrons. The second kappa shape index (κ2) is 9.17. The number of rotatable bonds is 5. The molecule has 1 amide bonds. The van der Waals surface area contributed by atoms with E-state index in [4.69, 9.17) is 9.84 Å². The standard InChI is InChI=1S/C19H27F3N2O5/c1-18(2,3)29-17(27)23-14-5-4-8-24(11-14)10-13-7-6-12(16(25)26)9-15(13)28-19(20,21)22/h6-7,14-15H,4-5,8-11H2,1-3H3,(H,23,27)(H,25,26)/t14-,15?/m0/s1. The van der Waals surface area contributed by atoms with E-state index in [1.165, 1.54) is 12.2 Å². The molecule has 2 aliphatic rings. The molecule has 1 aliphatic carbocycles. The highest BCUT2D eigenvalue weighted by Crippen LogP contribution is 2.30. The molecule has 0 aromatic rings. The summed E-state index contributed by atoms with van der Waals surface area (Å²) in [5, 5.41) is 11.9. The number of hydrogen-bond acceptors (Lipinski definition) is 5. The van der Waals surface area contributed by atoms with Gasteiger partial charge in [-0.15, -0.1) is 13.2 Å². The van der Waals surface area contributed by atoms with Crippen molar-refractivity contribution in [2.75, 3.05) is 19.6 Å². The topological polar surface area (TPSA) is 88.1 Å². The van der Waals surface area contributed by atoms with Crippen molar-refractivity contribution in [1.29, 1.82) is 0 Å². The quantitative estimate of drug-likeness (QED) is 0.710. The average Bonchev–Trinajstić information content (AvgIpc) is 2.53. The maximum atomic E-state index is 12.8. The van der Waals surface area contributed by atoms with Crippen LogP contribution in [-0.2, 0) is 14.3 Å². The van der Waals surface area contributed by atoms with Gasteiger partial charge in [-0.1, -0.05) is 12.2 Å². The maximum absolute atomic E-state index is 12.8. The Hall–Kier alpha value is -2.07. The number of ether oxygens (including phenoxy) is 2. The van der Waals surface area contributed by atoms with Crippen LogP contribution in [-0.4, -0.2) is 65.8 Å². The van der Waals surface area contributed by atoms with Crippen LogP contribution < -0.4 is 5.32 Å². The van der Waals surface area contributed by atoms with Crippen LogP contribution in [0.1, 0.15) is 40.0 Å². The molecule has 2 atom stereocenters. The number of alkyl carbamates (subject to hydrolysis) is 1. The van der Waals surface area contributed by atoms with Gasteiger partial charge in [-0.3, -0.25) is 9.64 Å². The summed E-state index contributed by atoms with van der Waals surface area (Å²) in [5.41, 5.74) is -0.404. The maximum Gasteiger partial charge on any atom is 0.523 e. The van der Waals surface area contributed by atoms with E-state index < -0.39 is 30.1 Å². The van der Waals surface area contributed by atoms with E-state index in [9.17, 15) is 22.8 Å². The smallest absolute Gasteiger partial charge is 0.478 e. The number of nitrogens with one attached hydrogen (secondary N) is 1. The first-order valence-electron chi connectivity index (χ1n) is 9.42. The number of hydrogen-bond donors (Lipinski definition) is 2. The van der Waals surface area contributed by atoms with Crippen molar-refractivity contribution < 1.29 is 37.3 Å². The number of halogens is 3. The van der Waals surface area contributed by atoms with Crippen LogP contribution in [0.2, 0.25) is 0 Å². The van der Waals surface area contributed by atoms with Crippen LogP contribution in [0.5, 0.6) is 0 Å². The van der Waals surface area contributed by atoms with E-state index in [1.54, 1.807) is 20.8 Å².